The normalized spacial score (nSPS) is 10.6. The van der Waals surface area contributed by atoms with Crippen LogP contribution >= 0.6 is 11.8 Å². The molecule has 0 atom stereocenters. The molecule has 29 heavy (non-hydrogen) atoms. The van der Waals surface area contributed by atoms with E-state index in [2.05, 4.69) is 16.8 Å². The summed E-state index contributed by atoms with van der Waals surface area (Å²) in [5.74, 6) is 0.989. The Morgan fingerprint density at radius 1 is 1.21 bits per heavy atom. The minimum Gasteiger partial charge on any atom is -0.486 e. The molecule has 3 aromatic rings. The van der Waals surface area contributed by atoms with Gasteiger partial charge in [0, 0.05) is 19.3 Å². The molecule has 1 aromatic heterocycles. The molecule has 0 saturated carbocycles. The first-order valence-electron chi connectivity index (χ1n) is 8.94. The number of thioether (sulfide) groups is 1. The second kappa shape index (κ2) is 9.88. The molecule has 0 aliphatic rings. The summed E-state index contributed by atoms with van der Waals surface area (Å²) >= 11 is 1.31. The minimum atomic E-state index is -0.323. The number of ether oxygens (including phenoxy) is 1. The number of nitrogens with zero attached hydrogens (tertiary/aromatic N) is 4. The molecule has 0 aliphatic carbocycles. The lowest BCUT2D eigenvalue weighted by Gasteiger charge is -2.17. The van der Waals surface area contributed by atoms with Gasteiger partial charge in [-0.1, -0.05) is 36.0 Å². The first kappa shape index (κ1) is 20.6. The molecule has 1 amide bonds. The van der Waals surface area contributed by atoms with E-state index in [-0.39, 0.29) is 24.1 Å². The van der Waals surface area contributed by atoms with E-state index in [1.807, 2.05) is 34.9 Å². The van der Waals surface area contributed by atoms with Gasteiger partial charge in [0.15, 0.2) is 11.0 Å². The van der Waals surface area contributed by atoms with Gasteiger partial charge in [0.1, 0.15) is 18.2 Å². The minimum absolute atomic E-state index is 0.0431. The van der Waals surface area contributed by atoms with Gasteiger partial charge < -0.3 is 9.64 Å². The molecule has 0 radical (unpaired) electrons. The average molecular weight is 412 g/mol. The number of hydrogen-bond acceptors (Lipinski definition) is 5. The zero-order valence-corrected chi connectivity index (χ0v) is 16.8. The van der Waals surface area contributed by atoms with Crippen LogP contribution in [-0.2, 0) is 17.9 Å². The van der Waals surface area contributed by atoms with Gasteiger partial charge in [-0.05, 0) is 36.4 Å². The smallest absolute Gasteiger partial charge is 0.237 e. The van der Waals surface area contributed by atoms with Crippen molar-refractivity contribution in [3.63, 3.8) is 0 Å². The molecule has 0 spiro atoms. The second-order valence-corrected chi connectivity index (χ2v) is 7.06. The fourth-order valence-electron chi connectivity index (χ4n) is 2.54. The van der Waals surface area contributed by atoms with Gasteiger partial charge in [0.05, 0.1) is 5.75 Å². The van der Waals surface area contributed by atoms with Gasteiger partial charge in [0.25, 0.3) is 0 Å². The topological polar surface area (TPSA) is 60.2 Å². The summed E-state index contributed by atoms with van der Waals surface area (Å²) in [6, 6.07) is 15.2. The number of rotatable bonds is 9. The Morgan fingerprint density at radius 2 is 1.93 bits per heavy atom. The molecular weight excluding hydrogens is 391 g/mol. The maximum atomic E-state index is 13.0. The number of allylic oxidation sites excluding steroid dienone is 1. The van der Waals surface area contributed by atoms with Crippen LogP contribution in [0.1, 0.15) is 5.82 Å². The van der Waals surface area contributed by atoms with Crippen molar-refractivity contribution in [3.8, 4) is 5.75 Å². The number of amides is 1. The lowest BCUT2D eigenvalue weighted by atomic mass is 10.3. The van der Waals surface area contributed by atoms with Crippen LogP contribution in [0.25, 0.3) is 0 Å². The highest BCUT2D eigenvalue weighted by Crippen LogP contribution is 2.21. The molecule has 0 N–H and O–H groups in total. The molecule has 0 saturated heterocycles. The van der Waals surface area contributed by atoms with E-state index in [9.17, 15) is 9.18 Å². The Hall–Kier alpha value is -3.13. The van der Waals surface area contributed by atoms with Gasteiger partial charge in [-0.2, -0.15) is 0 Å². The van der Waals surface area contributed by atoms with Crippen LogP contribution in [0.5, 0.6) is 5.75 Å². The van der Waals surface area contributed by atoms with Gasteiger partial charge in [-0.15, -0.1) is 16.8 Å². The van der Waals surface area contributed by atoms with Crippen molar-refractivity contribution < 1.29 is 13.9 Å². The number of benzene rings is 2. The van der Waals surface area contributed by atoms with Crippen LogP contribution in [0.2, 0.25) is 0 Å². The number of carbonyl (C=O) groups is 1. The standard InChI is InChI=1S/C21H21FN4O2S/c1-3-13-26-19(14-28-18-11-9-16(22)10-12-18)23-24-21(26)29-15-20(27)25(2)17-7-5-4-6-8-17/h3-12H,1,13-15H2,2H3. The predicted molar refractivity (Wildman–Crippen MR) is 112 cm³/mol. The third kappa shape index (κ3) is 5.45. The van der Waals surface area contributed by atoms with Crippen LogP contribution in [-0.4, -0.2) is 33.5 Å². The highest BCUT2D eigenvalue weighted by molar-refractivity contribution is 7.99. The summed E-state index contributed by atoms with van der Waals surface area (Å²) in [6.07, 6.45) is 1.73. The van der Waals surface area contributed by atoms with E-state index in [0.717, 1.165) is 5.69 Å². The molecule has 0 unspecified atom stereocenters. The summed E-state index contributed by atoms with van der Waals surface area (Å²) in [4.78, 5) is 14.1. The van der Waals surface area contributed by atoms with E-state index in [1.54, 1.807) is 30.2 Å². The van der Waals surface area contributed by atoms with E-state index in [0.29, 0.717) is 23.3 Å². The van der Waals surface area contributed by atoms with Crippen LogP contribution in [0.15, 0.2) is 72.4 Å². The van der Waals surface area contributed by atoms with E-state index >= 15 is 0 Å². The largest absolute Gasteiger partial charge is 0.486 e. The van der Waals surface area contributed by atoms with Crippen molar-refractivity contribution in [1.82, 2.24) is 14.8 Å². The van der Waals surface area contributed by atoms with E-state index in [1.165, 1.54) is 23.9 Å². The van der Waals surface area contributed by atoms with Crippen LogP contribution in [0, 0.1) is 5.82 Å². The molecule has 0 aliphatic heterocycles. The van der Waals surface area contributed by atoms with E-state index in [4.69, 9.17) is 4.74 Å². The Labute approximate surface area is 173 Å². The number of halogens is 1. The maximum Gasteiger partial charge on any atom is 0.237 e. The number of carbonyl (C=O) groups excluding carboxylic acids is 1. The van der Waals surface area contributed by atoms with Crippen molar-refractivity contribution >= 4 is 23.4 Å². The van der Waals surface area contributed by atoms with Crippen LogP contribution in [0.3, 0.4) is 0 Å². The van der Waals surface area contributed by atoms with Crippen molar-refractivity contribution in [3.05, 3.63) is 78.9 Å². The van der Waals surface area contributed by atoms with Crippen LogP contribution < -0.4 is 9.64 Å². The molecule has 3 rings (SSSR count). The Morgan fingerprint density at radius 3 is 2.62 bits per heavy atom. The van der Waals surface area contributed by atoms with E-state index < -0.39 is 0 Å². The molecule has 150 valence electrons. The third-order valence-electron chi connectivity index (χ3n) is 4.13. The lowest BCUT2D eigenvalue weighted by molar-refractivity contribution is -0.115. The fraction of sp³-hybridized carbons (Fsp3) is 0.190. The van der Waals surface area contributed by atoms with Gasteiger partial charge >= 0.3 is 0 Å². The zero-order chi connectivity index (χ0) is 20.6. The summed E-state index contributed by atoms with van der Waals surface area (Å²) in [6.45, 7) is 4.42. The molecule has 1 heterocycles. The van der Waals surface area contributed by atoms with Gasteiger partial charge in [0.2, 0.25) is 5.91 Å². The monoisotopic (exact) mass is 412 g/mol. The number of anilines is 1. The first-order valence-corrected chi connectivity index (χ1v) is 9.93. The van der Waals surface area contributed by atoms with Gasteiger partial charge in [-0.3, -0.25) is 9.36 Å². The van der Waals surface area contributed by atoms with Gasteiger partial charge in [-0.25, -0.2) is 4.39 Å². The molecule has 0 bridgehead atoms. The highest BCUT2D eigenvalue weighted by Gasteiger charge is 2.16. The first-order chi connectivity index (χ1) is 14.1. The number of aromatic nitrogens is 3. The Balaban J connectivity index is 1.64. The van der Waals surface area contributed by atoms with Crippen molar-refractivity contribution in [1.29, 1.82) is 0 Å². The Kier molecular flexibility index (Phi) is 7.02. The maximum absolute atomic E-state index is 13.0. The average Bonchev–Trinajstić information content (AvgIpc) is 3.13. The highest BCUT2D eigenvalue weighted by atomic mass is 32.2. The summed E-state index contributed by atoms with van der Waals surface area (Å²) in [7, 11) is 1.74. The number of para-hydroxylation sites is 1. The summed E-state index contributed by atoms with van der Waals surface area (Å²) < 4.78 is 20.5. The SMILES string of the molecule is C=CCn1c(COc2ccc(F)cc2)nnc1SCC(=O)N(C)c1ccccc1. The number of hydrogen-bond donors (Lipinski definition) is 0. The molecule has 0 fully saturated rings. The van der Waals surface area contributed by atoms with Crippen molar-refractivity contribution in [2.75, 3.05) is 17.7 Å². The second-order valence-electron chi connectivity index (χ2n) is 6.12. The molecular formula is C21H21FN4O2S. The van der Waals surface area contributed by atoms with Crippen molar-refractivity contribution in [2.45, 2.75) is 18.3 Å². The molecule has 8 heteroatoms. The predicted octanol–water partition coefficient (Wildman–Crippen LogP) is 3.94. The fourth-order valence-corrected chi connectivity index (χ4v) is 3.42. The molecule has 2 aromatic carbocycles. The zero-order valence-electron chi connectivity index (χ0n) is 16.0. The third-order valence-corrected chi connectivity index (χ3v) is 5.08. The van der Waals surface area contributed by atoms with Crippen LogP contribution in [0.4, 0.5) is 10.1 Å². The summed E-state index contributed by atoms with van der Waals surface area (Å²) in [5.41, 5.74) is 0.832. The quantitative estimate of drug-likeness (QED) is 0.394. The summed E-state index contributed by atoms with van der Waals surface area (Å²) in [5, 5.41) is 8.96. The Bertz CT molecular complexity index is 961. The molecule has 6 nitrogen and oxygen atoms in total. The van der Waals surface area contributed by atoms with Crippen molar-refractivity contribution in [2.24, 2.45) is 0 Å². The lowest BCUT2D eigenvalue weighted by Crippen LogP contribution is -2.28.